The van der Waals surface area contributed by atoms with Gasteiger partial charge in [0.15, 0.2) is 0 Å². The lowest BCUT2D eigenvalue weighted by Gasteiger charge is -2.30. The largest absolute Gasteiger partial charge is 0.368 e. The Bertz CT molecular complexity index is 595. The maximum atomic E-state index is 13.7. The molecule has 27 heavy (non-hydrogen) atoms. The van der Waals surface area contributed by atoms with Gasteiger partial charge in [-0.15, -0.1) is 11.8 Å². The Morgan fingerprint density at radius 3 is 2.81 bits per heavy atom. The molecule has 0 bridgehead atoms. The third-order valence-electron chi connectivity index (χ3n) is 5.56. The summed E-state index contributed by atoms with van der Waals surface area (Å²) in [5.74, 6) is -0.508. The number of carbonyl (C=O) groups excluding carboxylic acids is 3. The van der Waals surface area contributed by atoms with E-state index in [1.165, 1.54) is 16.8 Å². The number of primary amides is 1. The van der Waals surface area contributed by atoms with Crippen molar-refractivity contribution in [3.8, 4) is 0 Å². The molecule has 8 nitrogen and oxygen atoms in total. The summed E-state index contributed by atoms with van der Waals surface area (Å²) in [6.07, 6.45) is 3.67. The van der Waals surface area contributed by atoms with Crippen LogP contribution in [-0.2, 0) is 14.4 Å². The Hall–Kier alpha value is -1.39. The molecule has 3 fully saturated rings. The van der Waals surface area contributed by atoms with Crippen LogP contribution >= 0.6 is 11.8 Å². The SMILES string of the molecule is CN1NC(C(=O)NC2NC(C(N)=O)C(CC3CCCC(F)C3)S2)CCC1=O. The highest BCUT2D eigenvalue weighted by atomic mass is 32.2. The van der Waals surface area contributed by atoms with Gasteiger partial charge in [-0.2, -0.15) is 0 Å². The molecule has 6 unspecified atom stereocenters. The molecular formula is C17H28FN5O3S. The van der Waals surface area contributed by atoms with E-state index in [9.17, 15) is 18.8 Å². The van der Waals surface area contributed by atoms with Crippen LogP contribution in [0.5, 0.6) is 0 Å². The molecule has 3 rings (SSSR count). The molecule has 152 valence electrons. The minimum atomic E-state index is -0.761. The zero-order valence-electron chi connectivity index (χ0n) is 15.4. The second-order valence-electron chi connectivity index (χ2n) is 7.65. The van der Waals surface area contributed by atoms with Crippen LogP contribution in [0.25, 0.3) is 0 Å². The highest BCUT2D eigenvalue weighted by Crippen LogP contribution is 2.37. The highest BCUT2D eigenvalue weighted by Gasteiger charge is 2.41. The van der Waals surface area contributed by atoms with E-state index in [1.54, 1.807) is 7.05 Å². The topological polar surface area (TPSA) is 117 Å². The number of rotatable bonds is 5. The summed E-state index contributed by atoms with van der Waals surface area (Å²) >= 11 is 1.46. The Morgan fingerprint density at radius 2 is 2.15 bits per heavy atom. The first-order valence-electron chi connectivity index (χ1n) is 9.51. The minimum absolute atomic E-state index is 0.0556. The fraction of sp³-hybridized carbons (Fsp3) is 0.824. The molecule has 0 spiro atoms. The number of nitrogens with two attached hydrogens (primary N) is 1. The average Bonchev–Trinajstić information content (AvgIpc) is 2.99. The maximum absolute atomic E-state index is 13.7. The molecule has 2 aliphatic heterocycles. The molecule has 2 heterocycles. The molecule has 0 aromatic carbocycles. The van der Waals surface area contributed by atoms with Crippen molar-refractivity contribution in [2.24, 2.45) is 11.7 Å². The molecule has 0 radical (unpaired) electrons. The lowest BCUT2D eigenvalue weighted by Crippen LogP contribution is -2.58. The minimum Gasteiger partial charge on any atom is -0.368 e. The monoisotopic (exact) mass is 401 g/mol. The van der Waals surface area contributed by atoms with E-state index in [2.05, 4.69) is 16.1 Å². The van der Waals surface area contributed by atoms with Crippen molar-refractivity contribution >= 4 is 29.5 Å². The van der Waals surface area contributed by atoms with Gasteiger partial charge in [-0.25, -0.2) is 9.82 Å². The normalized spacial score (nSPS) is 37.3. The number of halogens is 1. The van der Waals surface area contributed by atoms with E-state index in [0.29, 0.717) is 32.1 Å². The van der Waals surface area contributed by atoms with Gasteiger partial charge >= 0.3 is 0 Å². The van der Waals surface area contributed by atoms with Gasteiger partial charge in [-0.05, 0) is 31.6 Å². The van der Waals surface area contributed by atoms with Crippen LogP contribution in [0.4, 0.5) is 4.39 Å². The number of hydrazine groups is 1. The number of alkyl halides is 1. The summed E-state index contributed by atoms with van der Waals surface area (Å²) in [7, 11) is 1.59. The van der Waals surface area contributed by atoms with Gasteiger partial charge in [-0.3, -0.25) is 24.7 Å². The van der Waals surface area contributed by atoms with E-state index in [4.69, 9.17) is 5.73 Å². The van der Waals surface area contributed by atoms with Crippen LogP contribution in [0.15, 0.2) is 0 Å². The van der Waals surface area contributed by atoms with Gasteiger partial charge in [0.05, 0.1) is 0 Å². The van der Waals surface area contributed by atoms with Gasteiger partial charge in [0.2, 0.25) is 17.7 Å². The van der Waals surface area contributed by atoms with Crippen LogP contribution in [0, 0.1) is 5.92 Å². The number of carbonyl (C=O) groups is 3. The highest BCUT2D eigenvalue weighted by molar-refractivity contribution is 8.00. The predicted octanol–water partition coefficient (Wildman–Crippen LogP) is -0.0111. The fourth-order valence-corrected chi connectivity index (χ4v) is 5.60. The van der Waals surface area contributed by atoms with Crippen molar-refractivity contribution in [2.75, 3.05) is 7.05 Å². The standard InChI is InChI=1S/C17H28FN5O3S/c1-23-13(24)6-5-11(22-23)16(26)21-17-20-14(15(19)25)12(27-17)8-9-3-2-4-10(18)7-9/h9-12,14,17,20,22H,2-8H2,1H3,(H2,19,25)(H,21,26). The molecular weight excluding hydrogens is 373 g/mol. The summed E-state index contributed by atoms with van der Waals surface area (Å²) in [4.78, 5) is 35.8. The quantitative estimate of drug-likeness (QED) is 0.515. The molecule has 5 N–H and O–H groups in total. The number of hydrogen-bond acceptors (Lipinski definition) is 6. The Morgan fingerprint density at radius 1 is 1.37 bits per heavy atom. The summed E-state index contributed by atoms with van der Waals surface area (Å²) in [6, 6.07) is -1.05. The Labute approximate surface area is 162 Å². The van der Waals surface area contributed by atoms with E-state index in [0.717, 1.165) is 12.8 Å². The van der Waals surface area contributed by atoms with Crippen LogP contribution in [0.1, 0.15) is 44.9 Å². The van der Waals surface area contributed by atoms with Gasteiger partial charge < -0.3 is 11.1 Å². The Balaban J connectivity index is 1.55. The number of thioether (sulfide) groups is 1. The average molecular weight is 402 g/mol. The van der Waals surface area contributed by atoms with Crippen molar-refractivity contribution in [3.63, 3.8) is 0 Å². The molecule has 3 aliphatic rings. The van der Waals surface area contributed by atoms with Crippen molar-refractivity contribution in [1.29, 1.82) is 0 Å². The van der Waals surface area contributed by atoms with Crippen LogP contribution in [-0.4, -0.2) is 58.8 Å². The summed E-state index contributed by atoms with van der Waals surface area (Å²) < 4.78 is 13.7. The molecule has 3 amide bonds. The zero-order valence-corrected chi connectivity index (χ0v) is 16.3. The first-order valence-corrected chi connectivity index (χ1v) is 10.5. The molecule has 6 atom stereocenters. The smallest absolute Gasteiger partial charge is 0.240 e. The molecule has 0 aromatic rings. The molecule has 2 saturated heterocycles. The van der Waals surface area contributed by atoms with Crippen LogP contribution in [0.3, 0.4) is 0 Å². The predicted molar refractivity (Wildman–Crippen MR) is 99.8 cm³/mol. The number of nitrogens with zero attached hydrogens (tertiary/aromatic N) is 1. The zero-order chi connectivity index (χ0) is 19.6. The lowest BCUT2D eigenvalue weighted by molar-refractivity contribution is -0.140. The van der Waals surface area contributed by atoms with Gasteiger partial charge in [-0.1, -0.05) is 12.8 Å². The molecule has 0 aromatic heterocycles. The van der Waals surface area contributed by atoms with Gasteiger partial charge in [0.1, 0.15) is 23.8 Å². The second kappa shape index (κ2) is 8.74. The molecule has 1 aliphatic carbocycles. The van der Waals surface area contributed by atoms with E-state index in [1.807, 2.05) is 0 Å². The maximum Gasteiger partial charge on any atom is 0.240 e. The van der Waals surface area contributed by atoms with Gasteiger partial charge in [0, 0.05) is 18.7 Å². The lowest BCUT2D eigenvalue weighted by atomic mass is 9.84. The molecule has 10 heteroatoms. The van der Waals surface area contributed by atoms with E-state index < -0.39 is 29.7 Å². The summed E-state index contributed by atoms with van der Waals surface area (Å²) in [5.41, 5.74) is 7.95. The fourth-order valence-electron chi connectivity index (χ4n) is 4.09. The summed E-state index contributed by atoms with van der Waals surface area (Å²) in [6.45, 7) is 0. The van der Waals surface area contributed by atoms with Crippen LogP contribution in [0.2, 0.25) is 0 Å². The van der Waals surface area contributed by atoms with Crippen molar-refractivity contribution < 1.29 is 18.8 Å². The third kappa shape index (κ3) is 5.11. The number of nitrogens with one attached hydrogen (secondary N) is 3. The van der Waals surface area contributed by atoms with Gasteiger partial charge in [0.25, 0.3) is 0 Å². The van der Waals surface area contributed by atoms with Crippen LogP contribution < -0.4 is 21.8 Å². The van der Waals surface area contributed by atoms with Crippen molar-refractivity contribution in [2.45, 2.75) is 73.9 Å². The Kier molecular flexibility index (Phi) is 6.59. The second-order valence-corrected chi connectivity index (χ2v) is 9.00. The summed E-state index contributed by atoms with van der Waals surface area (Å²) in [5, 5.41) is 7.20. The molecule has 1 saturated carbocycles. The first-order chi connectivity index (χ1) is 12.8. The first kappa shape index (κ1) is 20.3. The number of hydrogen-bond donors (Lipinski definition) is 4. The van der Waals surface area contributed by atoms with E-state index in [-0.39, 0.29) is 23.0 Å². The third-order valence-corrected chi connectivity index (χ3v) is 6.91. The van der Waals surface area contributed by atoms with Crippen molar-refractivity contribution in [3.05, 3.63) is 0 Å². The number of amides is 3. The van der Waals surface area contributed by atoms with Crippen molar-refractivity contribution in [1.82, 2.24) is 21.1 Å². The van der Waals surface area contributed by atoms with E-state index >= 15 is 0 Å².